The summed E-state index contributed by atoms with van der Waals surface area (Å²) in [5.74, 6) is 0.778. The molecule has 104 valence electrons. The van der Waals surface area contributed by atoms with Crippen molar-refractivity contribution in [1.29, 1.82) is 0 Å². The number of ketones is 1. The Labute approximate surface area is 120 Å². The third-order valence-electron chi connectivity index (χ3n) is 3.53. The van der Waals surface area contributed by atoms with Gasteiger partial charge in [0.15, 0.2) is 5.78 Å². The zero-order chi connectivity index (χ0) is 14.5. The van der Waals surface area contributed by atoms with Crippen molar-refractivity contribution in [3.8, 4) is 5.75 Å². The van der Waals surface area contributed by atoms with Crippen LogP contribution in [0.4, 0.5) is 0 Å². The number of carbonyl (C=O) groups excluding carboxylic acids is 1. The second kappa shape index (κ2) is 6.38. The molecule has 2 heteroatoms. The van der Waals surface area contributed by atoms with Crippen LogP contribution < -0.4 is 4.74 Å². The predicted octanol–water partition coefficient (Wildman–Crippen LogP) is 4.13. The van der Waals surface area contributed by atoms with Crippen LogP contribution in [0, 0.1) is 13.8 Å². The lowest BCUT2D eigenvalue weighted by Gasteiger charge is -2.09. The molecule has 0 unspecified atom stereocenters. The third kappa shape index (κ3) is 3.27. The van der Waals surface area contributed by atoms with Gasteiger partial charge in [0, 0.05) is 6.42 Å². The highest BCUT2D eigenvalue weighted by molar-refractivity contribution is 5.98. The van der Waals surface area contributed by atoms with Crippen molar-refractivity contribution in [3.05, 3.63) is 64.7 Å². The van der Waals surface area contributed by atoms with Gasteiger partial charge in [-0.2, -0.15) is 0 Å². The maximum absolute atomic E-state index is 12.3. The Balaban J connectivity index is 2.09. The molecule has 0 aliphatic carbocycles. The van der Waals surface area contributed by atoms with Gasteiger partial charge in [-0.05, 0) is 43.5 Å². The molecule has 0 fully saturated rings. The summed E-state index contributed by atoms with van der Waals surface area (Å²) >= 11 is 0. The van der Waals surface area contributed by atoms with Crippen LogP contribution in [0.2, 0.25) is 0 Å². The van der Waals surface area contributed by atoms with Crippen LogP contribution in [-0.2, 0) is 6.42 Å². The highest BCUT2D eigenvalue weighted by Gasteiger charge is 2.11. The molecule has 2 nitrogen and oxygen atoms in total. The van der Waals surface area contributed by atoms with Crippen LogP contribution in [0.3, 0.4) is 0 Å². The summed E-state index contributed by atoms with van der Waals surface area (Å²) < 4.78 is 5.24. The van der Waals surface area contributed by atoms with Gasteiger partial charge in [0.2, 0.25) is 0 Å². The van der Waals surface area contributed by atoms with Crippen molar-refractivity contribution < 1.29 is 9.53 Å². The van der Waals surface area contributed by atoms with Crippen LogP contribution in [-0.4, -0.2) is 12.9 Å². The Kier molecular flexibility index (Phi) is 4.57. The minimum Gasteiger partial charge on any atom is -0.496 e. The van der Waals surface area contributed by atoms with Crippen molar-refractivity contribution in [1.82, 2.24) is 0 Å². The van der Waals surface area contributed by atoms with E-state index in [1.807, 2.05) is 24.3 Å². The number of para-hydroxylation sites is 1. The topological polar surface area (TPSA) is 26.3 Å². The van der Waals surface area contributed by atoms with E-state index in [2.05, 4.69) is 32.0 Å². The van der Waals surface area contributed by atoms with Crippen LogP contribution in [0.5, 0.6) is 5.75 Å². The van der Waals surface area contributed by atoms with Gasteiger partial charge in [0.25, 0.3) is 0 Å². The minimum absolute atomic E-state index is 0.127. The molecule has 0 atom stereocenters. The average molecular weight is 268 g/mol. The molecule has 2 aromatic rings. The molecule has 0 saturated heterocycles. The second-order valence-electron chi connectivity index (χ2n) is 5.05. The number of hydrogen-bond donors (Lipinski definition) is 0. The first-order chi connectivity index (χ1) is 9.61. The molecular formula is C18H20O2. The zero-order valence-corrected chi connectivity index (χ0v) is 12.3. The van der Waals surface area contributed by atoms with Crippen LogP contribution in [0.1, 0.15) is 33.5 Å². The summed E-state index contributed by atoms with van der Waals surface area (Å²) in [6.07, 6.45) is 1.27. The van der Waals surface area contributed by atoms with Gasteiger partial charge in [0.05, 0.1) is 12.7 Å². The normalized spacial score (nSPS) is 10.3. The summed E-state index contributed by atoms with van der Waals surface area (Å²) in [4.78, 5) is 12.3. The smallest absolute Gasteiger partial charge is 0.166 e. The van der Waals surface area contributed by atoms with E-state index in [9.17, 15) is 4.79 Å². The van der Waals surface area contributed by atoms with E-state index in [0.29, 0.717) is 17.7 Å². The molecule has 2 aromatic carbocycles. The molecule has 0 radical (unpaired) electrons. The Bertz CT molecular complexity index is 615. The summed E-state index contributed by atoms with van der Waals surface area (Å²) in [5, 5.41) is 0. The Hall–Kier alpha value is -2.09. The molecule has 2 rings (SSSR count). The SMILES string of the molecule is COc1ccccc1C(=O)CCc1ccc(C)cc1C. The van der Waals surface area contributed by atoms with Crippen molar-refractivity contribution in [2.75, 3.05) is 7.11 Å². The molecule has 0 heterocycles. The van der Waals surface area contributed by atoms with Gasteiger partial charge in [-0.3, -0.25) is 4.79 Å². The fraction of sp³-hybridized carbons (Fsp3) is 0.278. The average Bonchev–Trinajstić information content (AvgIpc) is 2.46. The van der Waals surface area contributed by atoms with Gasteiger partial charge in [0.1, 0.15) is 5.75 Å². The van der Waals surface area contributed by atoms with Gasteiger partial charge < -0.3 is 4.74 Å². The van der Waals surface area contributed by atoms with Crippen molar-refractivity contribution in [2.45, 2.75) is 26.7 Å². The molecule has 0 amide bonds. The van der Waals surface area contributed by atoms with Crippen molar-refractivity contribution in [2.24, 2.45) is 0 Å². The number of Topliss-reactive ketones (excluding diaryl/α,β-unsaturated/α-hetero) is 1. The molecule has 0 N–H and O–H groups in total. The van der Waals surface area contributed by atoms with Gasteiger partial charge in [-0.15, -0.1) is 0 Å². The number of hydrogen-bond acceptors (Lipinski definition) is 2. The Morgan fingerprint density at radius 3 is 2.55 bits per heavy atom. The van der Waals surface area contributed by atoms with Crippen LogP contribution >= 0.6 is 0 Å². The largest absolute Gasteiger partial charge is 0.496 e. The first-order valence-electron chi connectivity index (χ1n) is 6.84. The second-order valence-corrected chi connectivity index (χ2v) is 5.05. The fourth-order valence-electron chi connectivity index (χ4n) is 2.38. The summed E-state index contributed by atoms with van der Waals surface area (Å²) in [6, 6.07) is 13.7. The lowest BCUT2D eigenvalue weighted by molar-refractivity contribution is 0.0980. The molecule has 0 aromatic heterocycles. The summed E-state index contributed by atoms with van der Waals surface area (Å²) in [5.41, 5.74) is 4.40. The van der Waals surface area contributed by atoms with E-state index in [-0.39, 0.29) is 5.78 Å². The standard InChI is InChI=1S/C18H20O2/c1-13-8-9-15(14(2)12-13)10-11-17(19)16-6-4-5-7-18(16)20-3/h4-9,12H,10-11H2,1-3H3. The number of methoxy groups -OCH3 is 1. The minimum atomic E-state index is 0.127. The zero-order valence-electron chi connectivity index (χ0n) is 12.3. The summed E-state index contributed by atoms with van der Waals surface area (Å²) in [7, 11) is 1.59. The molecular weight excluding hydrogens is 248 g/mol. The Morgan fingerprint density at radius 2 is 1.85 bits per heavy atom. The van der Waals surface area contributed by atoms with Gasteiger partial charge in [-0.25, -0.2) is 0 Å². The summed E-state index contributed by atoms with van der Waals surface area (Å²) in [6.45, 7) is 4.17. The molecule has 0 bridgehead atoms. The van der Waals surface area contributed by atoms with E-state index in [1.165, 1.54) is 16.7 Å². The van der Waals surface area contributed by atoms with E-state index >= 15 is 0 Å². The van der Waals surface area contributed by atoms with Crippen molar-refractivity contribution >= 4 is 5.78 Å². The number of carbonyl (C=O) groups is 1. The molecule has 0 saturated carbocycles. The maximum Gasteiger partial charge on any atom is 0.166 e. The highest BCUT2D eigenvalue weighted by Crippen LogP contribution is 2.20. The van der Waals surface area contributed by atoms with Crippen molar-refractivity contribution in [3.63, 3.8) is 0 Å². The van der Waals surface area contributed by atoms with E-state index < -0.39 is 0 Å². The number of benzene rings is 2. The predicted molar refractivity (Wildman–Crippen MR) is 81.6 cm³/mol. The van der Waals surface area contributed by atoms with Crippen LogP contribution in [0.15, 0.2) is 42.5 Å². The van der Waals surface area contributed by atoms with E-state index in [4.69, 9.17) is 4.74 Å². The van der Waals surface area contributed by atoms with Gasteiger partial charge in [-0.1, -0.05) is 35.9 Å². The quantitative estimate of drug-likeness (QED) is 0.762. The lowest BCUT2D eigenvalue weighted by Crippen LogP contribution is -2.04. The first kappa shape index (κ1) is 14.3. The molecule has 0 aliphatic rings. The number of rotatable bonds is 5. The third-order valence-corrected chi connectivity index (χ3v) is 3.53. The first-order valence-corrected chi connectivity index (χ1v) is 6.84. The van der Waals surface area contributed by atoms with Gasteiger partial charge >= 0.3 is 0 Å². The van der Waals surface area contributed by atoms with E-state index in [0.717, 1.165) is 6.42 Å². The van der Waals surface area contributed by atoms with Crippen LogP contribution in [0.25, 0.3) is 0 Å². The highest BCUT2D eigenvalue weighted by atomic mass is 16.5. The van der Waals surface area contributed by atoms with E-state index in [1.54, 1.807) is 7.11 Å². The fourth-order valence-corrected chi connectivity index (χ4v) is 2.38. The number of aryl methyl sites for hydroxylation is 3. The monoisotopic (exact) mass is 268 g/mol. The maximum atomic E-state index is 12.3. The number of ether oxygens (including phenoxy) is 1. The molecule has 20 heavy (non-hydrogen) atoms. The Morgan fingerprint density at radius 1 is 1.10 bits per heavy atom. The molecule has 0 spiro atoms. The molecule has 0 aliphatic heterocycles. The lowest BCUT2D eigenvalue weighted by atomic mass is 9.98.